The Bertz CT molecular complexity index is 2050. The molecule has 11 heteroatoms. The number of hydrogen-bond acceptors (Lipinski definition) is 7. The van der Waals surface area contributed by atoms with Gasteiger partial charge in [0.1, 0.15) is 29.3 Å². The van der Waals surface area contributed by atoms with Crippen LogP contribution in [-0.4, -0.2) is 35.2 Å². The molecule has 6 rings (SSSR count). The Hall–Kier alpha value is -5.19. The van der Waals surface area contributed by atoms with Gasteiger partial charge in [-0.2, -0.15) is 5.10 Å². The Kier molecular flexibility index (Phi) is 6.64. The second-order valence-electron chi connectivity index (χ2n) is 10.4. The van der Waals surface area contributed by atoms with Crippen LogP contribution in [-0.2, 0) is 0 Å². The molecule has 4 aromatic heterocycles. The van der Waals surface area contributed by atoms with Gasteiger partial charge in [-0.25, -0.2) is 28.4 Å². The van der Waals surface area contributed by atoms with Crippen molar-refractivity contribution in [3.63, 3.8) is 0 Å². The van der Waals surface area contributed by atoms with Crippen LogP contribution in [0.15, 0.2) is 71.9 Å². The van der Waals surface area contributed by atoms with Gasteiger partial charge in [0.2, 0.25) is 0 Å². The molecular formula is C31H27F2N7O2. The topological polar surface area (TPSA) is 113 Å². The molecule has 2 N–H and O–H groups in total. The molecule has 0 aliphatic carbocycles. The van der Waals surface area contributed by atoms with Crippen molar-refractivity contribution in [2.24, 2.45) is 0 Å². The highest BCUT2D eigenvalue weighted by molar-refractivity contribution is 5.98. The third-order valence-electron chi connectivity index (χ3n) is 6.96. The van der Waals surface area contributed by atoms with Gasteiger partial charge in [-0.3, -0.25) is 9.20 Å². The predicted octanol–water partition coefficient (Wildman–Crippen LogP) is 5.73. The molecular weight excluding hydrogens is 540 g/mol. The van der Waals surface area contributed by atoms with Gasteiger partial charge in [0.25, 0.3) is 5.56 Å². The van der Waals surface area contributed by atoms with E-state index >= 15 is 4.39 Å². The van der Waals surface area contributed by atoms with Crippen LogP contribution >= 0.6 is 0 Å². The number of ether oxygens (including phenoxy) is 1. The van der Waals surface area contributed by atoms with Crippen molar-refractivity contribution < 1.29 is 13.5 Å². The smallest absolute Gasteiger partial charge is 0.266 e. The molecule has 0 amide bonds. The lowest BCUT2D eigenvalue weighted by Crippen LogP contribution is -2.23. The van der Waals surface area contributed by atoms with Crippen LogP contribution in [0.2, 0.25) is 0 Å². The van der Waals surface area contributed by atoms with Crippen LogP contribution in [0, 0.1) is 18.6 Å². The standard InChI is InChI=1S/C31H27F2N7O2/c1-16(2)42-23-10-9-20(13-22(23)33)28-26-29(34)35-15-36-30(26)40(38-28)18(4)27-25(19-6-5-7-21(32)12-19)31(41)39-14-17(3)8-11-24(39)37-27/h5-16,18H,1-4H3,(H2,34,35,36). The van der Waals surface area contributed by atoms with Crippen molar-refractivity contribution >= 4 is 22.5 Å². The lowest BCUT2D eigenvalue weighted by atomic mass is 10.0. The van der Waals surface area contributed by atoms with Crippen LogP contribution in [0.4, 0.5) is 14.6 Å². The minimum absolute atomic E-state index is 0.117. The predicted molar refractivity (Wildman–Crippen MR) is 156 cm³/mol. The summed E-state index contributed by atoms with van der Waals surface area (Å²) in [4.78, 5) is 27.4. The number of fused-ring (bicyclic) bond motifs is 2. The highest BCUT2D eigenvalue weighted by atomic mass is 19.1. The normalized spacial score (nSPS) is 12.4. The summed E-state index contributed by atoms with van der Waals surface area (Å²) in [6.07, 6.45) is 2.80. The number of aryl methyl sites for hydroxylation is 1. The summed E-state index contributed by atoms with van der Waals surface area (Å²) in [7, 11) is 0. The van der Waals surface area contributed by atoms with E-state index in [0.717, 1.165) is 5.56 Å². The number of halogens is 2. The van der Waals surface area contributed by atoms with Gasteiger partial charge in [0.15, 0.2) is 17.2 Å². The lowest BCUT2D eigenvalue weighted by molar-refractivity contribution is 0.231. The van der Waals surface area contributed by atoms with Crippen molar-refractivity contribution in [3.05, 3.63) is 100 Å². The summed E-state index contributed by atoms with van der Waals surface area (Å²) in [5, 5.41) is 5.23. The summed E-state index contributed by atoms with van der Waals surface area (Å²) in [6, 6.07) is 13.3. The van der Waals surface area contributed by atoms with E-state index in [4.69, 9.17) is 20.6 Å². The third kappa shape index (κ3) is 4.62. The molecule has 42 heavy (non-hydrogen) atoms. The number of anilines is 1. The largest absolute Gasteiger partial charge is 0.488 e. The quantitative estimate of drug-likeness (QED) is 0.273. The summed E-state index contributed by atoms with van der Waals surface area (Å²) in [5.74, 6) is -0.769. The first-order valence-corrected chi connectivity index (χ1v) is 13.4. The van der Waals surface area contributed by atoms with Gasteiger partial charge in [-0.15, -0.1) is 0 Å². The van der Waals surface area contributed by atoms with Gasteiger partial charge in [-0.1, -0.05) is 18.2 Å². The van der Waals surface area contributed by atoms with E-state index < -0.39 is 17.7 Å². The Labute approximate surface area is 239 Å². The van der Waals surface area contributed by atoms with E-state index in [-0.39, 0.29) is 28.8 Å². The first-order chi connectivity index (χ1) is 20.1. The van der Waals surface area contributed by atoms with Crippen molar-refractivity contribution in [2.45, 2.75) is 39.8 Å². The molecule has 212 valence electrons. The Morgan fingerprint density at radius 2 is 1.79 bits per heavy atom. The molecule has 0 aliphatic heterocycles. The number of aromatic nitrogens is 6. The Balaban J connectivity index is 1.59. The average Bonchev–Trinajstić information content (AvgIpc) is 3.35. The number of benzene rings is 2. The van der Waals surface area contributed by atoms with Crippen LogP contribution < -0.4 is 16.0 Å². The third-order valence-corrected chi connectivity index (χ3v) is 6.96. The molecule has 6 aromatic rings. The second kappa shape index (κ2) is 10.3. The van der Waals surface area contributed by atoms with E-state index in [0.29, 0.717) is 39.2 Å². The average molecular weight is 568 g/mol. The SMILES string of the molecule is Cc1ccc2nc(C(C)n3nc(-c4ccc(OC(C)C)c(F)c4)c4c(N)ncnc43)c(-c3cccc(F)c3)c(=O)n2c1. The molecule has 1 unspecified atom stereocenters. The zero-order valence-electron chi connectivity index (χ0n) is 23.3. The molecule has 0 fully saturated rings. The fourth-order valence-electron chi connectivity index (χ4n) is 5.06. The summed E-state index contributed by atoms with van der Waals surface area (Å²) >= 11 is 0. The monoisotopic (exact) mass is 567 g/mol. The van der Waals surface area contributed by atoms with Crippen molar-refractivity contribution in [2.75, 3.05) is 5.73 Å². The molecule has 9 nitrogen and oxygen atoms in total. The van der Waals surface area contributed by atoms with E-state index in [9.17, 15) is 9.18 Å². The van der Waals surface area contributed by atoms with Crippen molar-refractivity contribution in [1.29, 1.82) is 0 Å². The van der Waals surface area contributed by atoms with Crippen LogP contribution in [0.5, 0.6) is 5.75 Å². The maximum Gasteiger partial charge on any atom is 0.266 e. The number of rotatable bonds is 6. The molecule has 1 atom stereocenters. The molecule has 0 saturated carbocycles. The summed E-state index contributed by atoms with van der Waals surface area (Å²) in [5.41, 5.74) is 9.33. The minimum atomic E-state index is -0.679. The maximum absolute atomic E-state index is 15.0. The number of pyridine rings is 1. The van der Waals surface area contributed by atoms with E-state index in [1.165, 1.54) is 35.0 Å². The van der Waals surface area contributed by atoms with Crippen LogP contribution in [0.3, 0.4) is 0 Å². The van der Waals surface area contributed by atoms with E-state index in [2.05, 4.69) is 9.97 Å². The second-order valence-corrected chi connectivity index (χ2v) is 10.4. The first-order valence-electron chi connectivity index (χ1n) is 13.4. The van der Waals surface area contributed by atoms with Crippen molar-refractivity contribution in [1.82, 2.24) is 29.1 Å². The number of nitrogens with zero attached hydrogens (tertiary/aromatic N) is 6. The zero-order valence-corrected chi connectivity index (χ0v) is 23.3. The molecule has 0 radical (unpaired) electrons. The van der Waals surface area contributed by atoms with Gasteiger partial charge < -0.3 is 10.5 Å². The number of hydrogen-bond donors (Lipinski definition) is 1. The highest BCUT2D eigenvalue weighted by Crippen LogP contribution is 2.36. The molecule has 0 bridgehead atoms. The molecule has 0 saturated heterocycles. The van der Waals surface area contributed by atoms with Gasteiger partial charge in [-0.05, 0) is 75.2 Å². The van der Waals surface area contributed by atoms with Gasteiger partial charge in [0, 0.05) is 11.8 Å². The fourth-order valence-corrected chi connectivity index (χ4v) is 5.06. The summed E-state index contributed by atoms with van der Waals surface area (Å²) < 4.78 is 38.0. The summed E-state index contributed by atoms with van der Waals surface area (Å²) in [6.45, 7) is 7.31. The molecule has 0 spiro atoms. The fraction of sp³-hybridized carbons (Fsp3) is 0.194. The van der Waals surface area contributed by atoms with E-state index in [1.807, 2.05) is 33.8 Å². The Morgan fingerprint density at radius 1 is 0.976 bits per heavy atom. The molecule has 4 heterocycles. The highest BCUT2D eigenvalue weighted by Gasteiger charge is 2.26. The molecule has 2 aromatic carbocycles. The van der Waals surface area contributed by atoms with Crippen molar-refractivity contribution in [3.8, 4) is 28.1 Å². The molecule has 0 aliphatic rings. The maximum atomic E-state index is 15.0. The van der Waals surface area contributed by atoms with Gasteiger partial charge >= 0.3 is 0 Å². The van der Waals surface area contributed by atoms with Crippen LogP contribution in [0.25, 0.3) is 39.1 Å². The lowest BCUT2D eigenvalue weighted by Gasteiger charge is -2.18. The zero-order chi connectivity index (χ0) is 29.7. The first kappa shape index (κ1) is 27.0. The number of nitrogens with two attached hydrogens (primary N) is 1. The number of nitrogen functional groups attached to an aromatic ring is 1. The van der Waals surface area contributed by atoms with Crippen LogP contribution in [0.1, 0.15) is 38.1 Å². The van der Waals surface area contributed by atoms with E-state index in [1.54, 1.807) is 35.1 Å². The Morgan fingerprint density at radius 3 is 2.52 bits per heavy atom. The minimum Gasteiger partial charge on any atom is -0.488 e. The van der Waals surface area contributed by atoms with Gasteiger partial charge in [0.05, 0.1) is 28.8 Å².